The maximum absolute atomic E-state index is 13.6. The summed E-state index contributed by atoms with van der Waals surface area (Å²) in [5.74, 6) is 0.349. The molecular formula is C30H34F3N7O4S2. The number of nitrogens with zero attached hydrogens (tertiary/aromatic N) is 6. The number of thiophene rings is 1. The van der Waals surface area contributed by atoms with Crippen LogP contribution in [0.3, 0.4) is 0 Å². The van der Waals surface area contributed by atoms with Crippen LogP contribution >= 0.6 is 11.3 Å². The van der Waals surface area contributed by atoms with Crippen LogP contribution in [0.1, 0.15) is 41.4 Å². The second kappa shape index (κ2) is 12.5. The van der Waals surface area contributed by atoms with E-state index in [0.717, 1.165) is 16.2 Å². The summed E-state index contributed by atoms with van der Waals surface area (Å²) in [6.45, 7) is 8.05. The Hall–Kier alpha value is -3.60. The van der Waals surface area contributed by atoms with Crippen LogP contribution in [0.2, 0.25) is 0 Å². The fraction of sp³-hybridized carbons (Fsp3) is 0.467. The Morgan fingerprint density at radius 3 is 2.57 bits per heavy atom. The molecule has 0 aliphatic carbocycles. The zero-order chi connectivity index (χ0) is 32.8. The molecule has 0 saturated carbocycles. The van der Waals surface area contributed by atoms with E-state index in [2.05, 4.69) is 25.3 Å². The van der Waals surface area contributed by atoms with Crippen molar-refractivity contribution in [1.29, 1.82) is 0 Å². The third kappa shape index (κ3) is 6.22. The second-order valence-corrected chi connectivity index (χ2v) is 15.0. The van der Waals surface area contributed by atoms with E-state index in [4.69, 9.17) is 4.52 Å². The molecule has 1 amide bonds. The number of alkyl halides is 3. The SMILES string of the molecule is Cc1noc(-c2ccc(S(=O)(=O)N3CCN(C[C@H](C)Nc4ncnc5c(C(=O)N6CCC[C@@H]6C(F)(F)F)cccc45)CC3)s2)c1C. The molecular weight excluding hydrogens is 644 g/mol. The molecule has 6 rings (SSSR count). The normalized spacial score (nSPS) is 19.2. The number of amides is 1. The van der Waals surface area contributed by atoms with E-state index in [1.807, 2.05) is 20.8 Å². The molecule has 2 aliphatic rings. The number of piperazine rings is 1. The van der Waals surface area contributed by atoms with E-state index in [1.165, 1.54) is 28.0 Å². The summed E-state index contributed by atoms with van der Waals surface area (Å²) < 4.78 is 74.6. The Morgan fingerprint density at radius 1 is 1.11 bits per heavy atom. The number of para-hydroxylation sites is 1. The molecule has 2 aliphatic heterocycles. The molecule has 16 heteroatoms. The number of carbonyl (C=O) groups is 1. The van der Waals surface area contributed by atoms with Crippen molar-refractivity contribution in [2.24, 2.45) is 0 Å². The lowest BCUT2D eigenvalue weighted by molar-refractivity contribution is -0.169. The lowest BCUT2D eigenvalue weighted by atomic mass is 10.1. The predicted molar refractivity (Wildman–Crippen MR) is 167 cm³/mol. The summed E-state index contributed by atoms with van der Waals surface area (Å²) in [6, 6.07) is 6.28. The minimum atomic E-state index is -4.49. The topological polar surface area (TPSA) is 125 Å². The number of halogens is 3. The second-order valence-electron chi connectivity index (χ2n) is 11.7. The average Bonchev–Trinajstić information content (AvgIpc) is 3.78. The maximum atomic E-state index is 13.6. The summed E-state index contributed by atoms with van der Waals surface area (Å²) in [5.41, 5.74) is 2.04. The monoisotopic (exact) mass is 677 g/mol. The third-order valence-corrected chi connectivity index (χ3v) is 12.0. The summed E-state index contributed by atoms with van der Waals surface area (Å²) in [5, 5.41) is 7.85. The van der Waals surface area contributed by atoms with Gasteiger partial charge in [-0.15, -0.1) is 11.3 Å². The Morgan fingerprint density at radius 2 is 1.87 bits per heavy atom. The fourth-order valence-electron chi connectivity index (χ4n) is 6.05. The van der Waals surface area contributed by atoms with Crippen molar-refractivity contribution >= 4 is 44.0 Å². The minimum absolute atomic E-state index is 0.0393. The van der Waals surface area contributed by atoms with Gasteiger partial charge in [0.15, 0.2) is 5.76 Å². The molecule has 0 spiro atoms. The zero-order valence-corrected chi connectivity index (χ0v) is 27.2. The standard InChI is InChI=1S/C30H34F3N7O4S2/c1-18(16-38-12-14-39(15-13-38)46(42,43)25-10-9-23(45-25)27-19(2)20(3)37-44-27)36-28-21-6-4-7-22(26(21)34-17-35-28)29(41)40-11-5-8-24(40)30(31,32)33/h4,6-7,9-10,17-18,24H,5,8,11-16H2,1-3H3,(H,34,35,36)/t18-,24+/m0/s1. The lowest BCUT2D eigenvalue weighted by Gasteiger charge is -2.35. The quantitative estimate of drug-likeness (QED) is 0.276. The average molecular weight is 678 g/mol. The molecule has 0 radical (unpaired) electrons. The van der Waals surface area contributed by atoms with Crippen LogP contribution in [0, 0.1) is 13.8 Å². The first-order valence-electron chi connectivity index (χ1n) is 15.0. The summed E-state index contributed by atoms with van der Waals surface area (Å²) in [6.07, 6.45) is -3.02. The number of hydrogen-bond acceptors (Lipinski definition) is 10. The molecule has 1 N–H and O–H groups in total. The number of anilines is 1. The van der Waals surface area contributed by atoms with Gasteiger partial charge in [0.1, 0.15) is 22.4 Å². The van der Waals surface area contributed by atoms with E-state index in [9.17, 15) is 26.4 Å². The van der Waals surface area contributed by atoms with Crippen LogP contribution in [-0.4, -0.2) is 101 Å². The Kier molecular flexibility index (Phi) is 8.82. The Balaban J connectivity index is 1.09. The van der Waals surface area contributed by atoms with Crippen molar-refractivity contribution in [3.63, 3.8) is 0 Å². The van der Waals surface area contributed by atoms with Crippen LogP contribution in [0.15, 0.2) is 45.4 Å². The number of aryl methyl sites for hydroxylation is 1. The first-order valence-corrected chi connectivity index (χ1v) is 17.2. The van der Waals surface area contributed by atoms with Gasteiger partial charge in [-0.1, -0.05) is 11.2 Å². The molecule has 0 bridgehead atoms. The number of fused-ring (bicyclic) bond motifs is 1. The van der Waals surface area contributed by atoms with Crippen molar-refractivity contribution in [2.75, 3.05) is 44.6 Å². The minimum Gasteiger partial charge on any atom is -0.366 e. The molecule has 2 fully saturated rings. The Bertz CT molecular complexity index is 1850. The number of aromatic nitrogens is 3. The van der Waals surface area contributed by atoms with Crippen LogP contribution < -0.4 is 5.32 Å². The number of hydrogen-bond donors (Lipinski definition) is 1. The number of benzene rings is 1. The van der Waals surface area contributed by atoms with Crippen molar-refractivity contribution in [3.8, 4) is 10.6 Å². The number of sulfonamides is 1. The zero-order valence-electron chi connectivity index (χ0n) is 25.5. The van der Waals surface area contributed by atoms with E-state index in [0.29, 0.717) is 54.6 Å². The smallest absolute Gasteiger partial charge is 0.366 e. The van der Waals surface area contributed by atoms with Crippen LogP contribution in [0.4, 0.5) is 19.0 Å². The molecule has 1 aromatic carbocycles. The number of likely N-dealkylation sites (tertiary alicyclic amines) is 1. The first kappa shape index (κ1) is 32.3. The van der Waals surface area contributed by atoms with E-state index >= 15 is 0 Å². The molecule has 0 unspecified atom stereocenters. The summed E-state index contributed by atoms with van der Waals surface area (Å²) in [7, 11) is -3.67. The van der Waals surface area contributed by atoms with Crippen LogP contribution in [-0.2, 0) is 10.0 Å². The fourth-order valence-corrected chi connectivity index (χ4v) is 8.97. The van der Waals surface area contributed by atoms with Gasteiger partial charge in [-0.3, -0.25) is 9.69 Å². The molecule has 46 heavy (non-hydrogen) atoms. The summed E-state index contributed by atoms with van der Waals surface area (Å²) in [4.78, 5) is 25.7. The van der Waals surface area contributed by atoms with Crippen LogP contribution in [0.25, 0.3) is 21.5 Å². The molecule has 5 heterocycles. The van der Waals surface area contributed by atoms with Gasteiger partial charge in [0.25, 0.3) is 15.9 Å². The highest BCUT2D eigenvalue weighted by Gasteiger charge is 2.48. The van der Waals surface area contributed by atoms with Gasteiger partial charge in [-0.25, -0.2) is 18.4 Å². The molecule has 4 aromatic rings. The van der Waals surface area contributed by atoms with Gasteiger partial charge in [-0.05, 0) is 57.9 Å². The van der Waals surface area contributed by atoms with Crippen molar-refractivity contribution in [2.45, 2.75) is 56.1 Å². The van der Waals surface area contributed by atoms with Gasteiger partial charge < -0.3 is 14.7 Å². The maximum Gasteiger partial charge on any atom is 0.408 e. The van der Waals surface area contributed by atoms with E-state index in [1.54, 1.807) is 24.3 Å². The highest BCUT2D eigenvalue weighted by atomic mass is 32.2. The van der Waals surface area contributed by atoms with Gasteiger partial charge in [0.2, 0.25) is 0 Å². The van der Waals surface area contributed by atoms with Gasteiger partial charge in [-0.2, -0.15) is 17.5 Å². The van der Waals surface area contributed by atoms with Crippen LogP contribution in [0.5, 0.6) is 0 Å². The van der Waals surface area contributed by atoms with Gasteiger partial charge >= 0.3 is 6.18 Å². The van der Waals surface area contributed by atoms with Crippen molar-refractivity contribution in [1.82, 2.24) is 29.2 Å². The molecule has 2 atom stereocenters. The molecule has 3 aromatic heterocycles. The van der Waals surface area contributed by atoms with E-state index < -0.39 is 28.1 Å². The van der Waals surface area contributed by atoms with Gasteiger partial charge in [0, 0.05) is 56.3 Å². The third-order valence-electron chi connectivity index (χ3n) is 8.59. The molecule has 2 saturated heterocycles. The lowest BCUT2D eigenvalue weighted by Crippen LogP contribution is -2.50. The molecule has 246 valence electrons. The van der Waals surface area contributed by atoms with Crippen molar-refractivity contribution < 1.29 is 30.9 Å². The summed E-state index contributed by atoms with van der Waals surface area (Å²) >= 11 is 1.17. The highest BCUT2D eigenvalue weighted by Crippen LogP contribution is 2.36. The van der Waals surface area contributed by atoms with Crippen molar-refractivity contribution in [3.05, 3.63) is 53.5 Å². The first-order chi connectivity index (χ1) is 21.8. The number of nitrogens with one attached hydrogen (secondary N) is 1. The number of rotatable bonds is 8. The Labute approximate surface area is 268 Å². The highest BCUT2D eigenvalue weighted by molar-refractivity contribution is 7.91. The molecule has 11 nitrogen and oxygen atoms in total. The largest absolute Gasteiger partial charge is 0.408 e. The van der Waals surface area contributed by atoms with E-state index in [-0.39, 0.29) is 40.7 Å². The predicted octanol–water partition coefficient (Wildman–Crippen LogP) is 4.94. The number of carbonyl (C=O) groups excluding carboxylic acids is 1. The van der Waals surface area contributed by atoms with Gasteiger partial charge in [0.05, 0.1) is 21.7 Å².